The lowest BCUT2D eigenvalue weighted by molar-refractivity contribution is 0.581. The Morgan fingerprint density at radius 2 is 1.79 bits per heavy atom. The highest BCUT2D eigenvalue weighted by Gasteiger charge is 2.21. The molecule has 1 aliphatic heterocycles. The van der Waals surface area contributed by atoms with Crippen LogP contribution in [0.4, 0.5) is 5.82 Å². The van der Waals surface area contributed by atoms with Gasteiger partial charge >= 0.3 is 0 Å². The van der Waals surface area contributed by atoms with Gasteiger partial charge in [0.05, 0.1) is 10.0 Å². The van der Waals surface area contributed by atoms with E-state index >= 15 is 0 Å². The number of nitrogens with zero attached hydrogens (tertiary/aromatic N) is 2. The quantitative estimate of drug-likeness (QED) is 0.855. The molecule has 128 valence electrons. The summed E-state index contributed by atoms with van der Waals surface area (Å²) in [5, 5.41) is 0.199. The van der Waals surface area contributed by atoms with Crippen LogP contribution in [0.2, 0.25) is 10.0 Å². The summed E-state index contributed by atoms with van der Waals surface area (Å²) in [7, 11) is -3.80. The molecule has 0 spiro atoms. The van der Waals surface area contributed by atoms with E-state index in [1.807, 2.05) is 6.07 Å². The fourth-order valence-corrected chi connectivity index (χ4v) is 4.84. The van der Waals surface area contributed by atoms with E-state index in [0.717, 1.165) is 37.3 Å². The molecule has 0 amide bonds. The van der Waals surface area contributed by atoms with Gasteiger partial charge in [0.2, 0.25) is 10.0 Å². The van der Waals surface area contributed by atoms with Crippen LogP contribution in [0.1, 0.15) is 18.4 Å². The average Bonchev–Trinajstić information content (AvgIpc) is 3.07. The van der Waals surface area contributed by atoms with Gasteiger partial charge in [-0.3, -0.25) is 0 Å². The van der Waals surface area contributed by atoms with Gasteiger partial charge < -0.3 is 4.90 Å². The maximum Gasteiger partial charge on any atom is 0.243 e. The third-order valence-electron chi connectivity index (χ3n) is 3.89. The predicted molar refractivity (Wildman–Crippen MR) is 96.2 cm³/mol. The van der Waals surface area contributed by atoms with Crippen molar-refractivity contribution in [2.45, 2.75) is 24.3 Å². The summed E-state index contributed by atoms with van der Waals surface area (Å²) in [4.78, 5) is 6.46. The molecule has 1 aromatic heterocycles. The summed E-state index contributed by atoms with van der Waals surface area (Å²) in [6.45, 7) is 2.11. The highest BCUT2D eigenvalue weighted by molar-refractivity contribution is 7.89. The van der Waals surface area contributed by atoms with Gasteiger partial charge in [-0.25, -0.2) is 18.1 Å². The minimum atomic E-state index is -3.80. The second-order valence-electron chi connectivity index (χ2n) is 5.59. The lowest BCUT2D eigenvalue weighted by Gasteiger charge is -2.17. The molecule has 0 atom stereocenters. The molecule has 2 aromatic rings. The van der Waals surface area contributed by atoms with Crippen LogP contribution in [0.5, 0.6) is 0 Å². The number of halogens is 2. The van der Waals surface area contributed by atoms with Crippen LogP contribution in [0.3, 0.4) is 0 Å². The predicted octanol–water partition coefficient (Wildman–Crippen LogP) is 3.47. The minimum absolute atomic E-state index is 0.0952. The van der Waals surface area contributed by atoms with Crippen molar-refractivity contribution in [3.63, 3.8) is 0 Å². The Kier molecular flexibility index (Phi) is 5.30. The second kappa shape index (κ2) is 7.27. The van der Waals surface area contributed by atoms with Crippen LogP contribution in [0.25, 0.3) is 0 Å². The van der Waals surface area contributed by atoms with Crippen molar-refractivity contribution in [3.8, 4) is 0 Å². The molecule has 1 saturated heterocycles. The van der Waals surface area contributed by atoms with E-state index in [4.69, 9.17) is 23.2 Å². The number of anilines is 1. The Morgan fingerprint density at radius 3 is 2.46 bits per heavy atom. The molecule has 0 bridgehead atoms. The summed E-state index contributed by atoms with van der Waals surface area (Å²) in [6, 6.07) is 8.30. The van der Waals surface area contributed by atoms with Crippen LogP contribution in [0, 0.1) is 0 Å². The molecule has 3 rings (SSSR count). The van der Waals surface area contributed by atoms with Crippen molar-refractivity contribution in [1.29, 1.82) is 0 Å². The molecule has 0 aliphatic carbocycles. The number of sulfonamides is 1. The van der Waals surface area contributed by atoms with E-state index < -0.39 is 10.0 Å². The standard InChI is InChI=1S/C16H17Cl2N3O2S/c17-13-4-3-5-14(18)16(13)24(22,23)20-11-12-6-7-19-15(10-12)21-8-1-2-9-21/h3-7,10,20H,1-2,8-9,11H2. The number of benzene rings is 1. The van der Waals surface area contributed by atoms with E-state index in [1.54, 1.807) is 18.3 Å². The lowest BCUT2D eigenvalue weighted by Crippen LogP contribution is -2.24. The Bertz CT molecular complexity index is 817. The summed E-state index contributed by atoms with van der Waals surface area (Å²) in [6.07, 6.45) is 4.01. The minimum Gasteiger partial charge on any atom is -0.357 e. The molecular weight excluding hydrogens is 369 g/mol. The van der Waals surface area contributed by atoms with Crippen LogP contribution in [-0.2, 0) is 16.6 Å². The van der Waals surface area contributed by atoms with Gasteiger partial charge in [-0.2, -0.15) is 0 Å². The van der Waals surface area contributed by atoms with Gasteiger partial charge in [0.1, 0.15) is 10.7 Å². The zero-order valence-corrected chi connectivity index (χ0v) is 15.2. The fourth-order valence-electron chi connectivity index (χ4n) is 2.68. The number of nitrogens with one attached hydrogen (secondary N) is 1. The highest BCUT2D eigenvalue weighted by atomic mass is 35.5. The summed E-state index contributed by atoms with van der Waals surface area (Å²) in [5.41, 5.74) is 0.832. The monoisotopic (exact) mass is 385 g/mol. The van der Waals surface area contributed by atoms with Crippen molar-refractivity contribution in [2.75, 3.05) is 18.0 Å². The van der Waals surface area contributed by atoms with E-state index in [-0.39, 0.29) is 21.5 Å². The molecule has 5 nitrogen and oxygen atoms in total. The number of aromatic nitrogens is 1. The largest absolute Gasteiger partial charge is 0.357 e. The van der Waals surface area contributed by atoms with Gasteiger partial charge in [-0.1, -0.05) is 29.3 Å². The number of hydrogen-bond donors (Lipinski definition) is 1. The first kappa shape index (κ1) is 17.5. The van der Waals surface area contributed by atoms with Gasteiger partial charge in [0, 0.05) is 25.8 Å². The second-order valence-corrected chi connectivity index (χ2v) is 8.11. The summed E-state index contributed by atoms with van der Waals surface area (Å²) >= 11 is 12.0. The number of hydrogen-bond acceptors (Lipinski definition) is 4. The first-order chi connectivity index (χ1) is 11.5. The molecule has 2 heterocycles. The molecule has 1 aliphatic rings. The summed E-state index contributed by atoms with van der Waals surface area (Å²) in [5.74, 6) is 0.875. The van der Waals surface area contributed by atoms with Gasteiger partial charge in [-0.15, -0.1) is 0 Å². The molecule has 1 fully saturated rings. The lowest BCUT2D eigenvalue weighted by atomic mass is 10.2. The molecule has 24 heavy (non-hydrogen) atoms. The number of pyridine rings is 1. The van der Waals surface area contributed by atoms with E-state index in [0.29, 0.717) is 0 Å². The third kappa shape index (κ3) is 3.83. The third-order valence-corrected chi connectivity index (χ3v) is 6.25. The maximum absolute atomic E-state index is 12.5. The first-order valence-corrected chi connectivity index (χ1v) is 9.85. The normalized spacial score (nSPS) is 15.0. The van der Waals surface area contributed by atoms with Crippen LogP contribution in [0.15, 0.2) is 41.4 Å². The van der Waals surface area contributed by atoms with E-state index in [2.05, 4.69) is 14.6 Å². The van der Waals surface area contributed by atoms with Crippen molar-refractivity contribution < 1.29 is 8.42 Å². The molecule has 0 radical (unpaired) electrons. The van der Waals surface area contributed by atoms with Crippen LogP contribution < -0.4 is 9.62 Å². The topological polar surface area (TPSA) is 62.3 Å². The van der Waals surface area contributed by atoms with Gasteiger partial charge in [0.25, 0.3) is 0 Å². The SMILES string of the molecule is O=S(=O)(NCc1ccnc(N2CCCC2)c1)c1c(Cl)cccc1Cl. The Morgan fingerprint density at radius 1 is 1.12 bits per heavy atom. The Labute approximate surface area is 151 Å². The molecule has 0 unspecified atom stereocenters. The van der Waals surface area contributed by atoms with Crippen LogP contribution in [-0.4, -0.2) is 26.5 Å². The molecule has 1 aromatic carbocycles. The Balaban J connectivity index is 1.76. The van der Waals surface area contributed by atoms with E-state index in [9.17, 15) is 8.42 Å². The molecule has 0 saturated carbocycles. The average molecular weight is 386 g/mol. The smallest absolute Gasteiger partial charge is 0.243 e. The maximum atomic E-state index is 12.5. The van der Waals surface area contributed by atoms with Crippen molar-refractivity contribution in [2.24, 2.45) is 0 Å². The van der Waals surface area contributed by atoms with Crippen molar-refractivity contribution >= 4 is 39.0 Å². The van der Waals surface area contributed by atoms with Crippen molar-refractivity contribution in [3.05, 3.63) is 52.1 Å². The number of rotatable bonds is 5. The Hall–Kier alpha value is -1.34. The van der Waals surface area contributed by atoms with Gasteiger partial charge in [-0.05, 0) is 42.7 Å². The first-order valence-electron chi connectivity index (χ1n) is 7.61. The molecule has 1 N–H and O–H groups in total. The van der Waals surface area contributed by atoms with Crippen LogP contribution >= 0.6 is 23.2 Å². The van der Waals surface area contributed by atoms with Gasteiger partial charge in [0.15, 0.2) is 0 Å². The van der Waals surface area contributed by atoms with Crippen molar-refractivity contribution in [1.82, 2.24) is 9.71 Å². The molecular formula is C16H17Cl2N3O2S. The summed E-state index contributed by atoms with van der Waals surface area (Å²) < 4.78 is 27.5. The zero-order chi connectivity index (χ0) is 17.2. The van der Waals surface area contributed by atoms with E-state index in [1.165, 1.54) is 12.1 Å². The highest BCUT2D eigenvalue weighted by Crippen LogP contribution is 2.29. The zero-order valence-electron chi connectivity index (χ0n) is 12.9. The molecule has 8 heteroatoms. The fraction of sp³-hybridized carbons (Fsp3) is 0.312.